The van der Waals surface area contributed by atoms with Crippen LogP contribution in [-0.2, 0) is 0 Å². The zero-order valence-electron chi connectivity index (χ0n) is 8.58. The van der Waals surface area contributed by atoms with Crippen LogP contribution in [0.25, 0.3) is 0 Å². The van der Waals surface area contributed by atoms with Gasteiger partial charge in [0.05, 0.1) is 28.3 Å². The Morgan fingerprint density at radius 2 is 2.18 bits per heavy atom. The van der Waals surface area contributed by atoms with Crippen molar-refractivity contribution in [1.82, 2.24) is 0 Å². The molecule has 0 aliphatic rings. The second kappa shape index (κ2) is 6.05. The Balaban J connectivity index is 2.92. The van der Waals surface area contributed by atoms with Crippen LogP contribution in [0.5, 0.6) is 0 Å². The van der Waals surface area contributed by atoms with Crippen molar-refractivity contribution in [3.63, 3.8) is 0 Å². The van der Waals surface area contributed by atoms with Gasteiger partial charge in [-0.25, -0.2) is 9.18 Å². The Labute approximate surface area is 107 Å². The first-order chi connectivity index (χ1) is 7.95. The Hall–Kier alpha value is -1.04. The summed E-state index contributed by atoms with van der Waals surface area (Å²) in [5, 5.41) is 20.7. The van der Waals surface area contributed by atoms with Crippen molar-refractivity contribution in [3.05, 3.63) is 28.5 Å². The predicted octanol–water partition coefficient (Wildman–Crippen LogP) is 2.19. The van der Waals surface area contributed by atoms with E-state index in [0.29, 0.717) is 0 Å². The lowest BCUT2D eigenvalue weighted by Gasteiger charge is -2.12. The lowest BCUT2D eigenvalue weighted by molar-refractivity contribution is 0.0692. The fraction of sp³-hybridized carbons (Fsp3) is 0.300. The van der Waals surface area contributed by atoms with Crippen molar-refractivity contribution in [2.75, 3.05) is 17.7 Å². The van der Waals surface area contributed by atoms with Gasteiger partial charge in [0, 0.05) is 6.54 Å². The van der Waals surface area contributed by atoms with Gasteiger partial charge in [0.1, 0.15) is 5.82 Å². The van der Waals surface area contributed by atoms with Gasteiger partial charge in [-0.3, -0.25) is 0 Å². The van der Waals surface area contributed by atoms with Gasteiger partial charge in [0.25, 0.3) is 0 Å². The zero-order chi connectivity index (χ0) is 13.0. The quantitative estimate of drug-likeness (QED) is 0.724. The minimum atomic E-state index is -1.39. The summed E-state index contributed by atoms with van der Waals surface area (Å²) in [7, 11) is 0. The topological polar surface area (TPSA) is 69.6 Å². The Kier molecular flexibility index (Phi) is 4.99. The smallest absolute Gasteiger partial charge is 0.338 e. The van der Waals surface area contributed by atoms with Crippen LogP contribution in [0.3, 0.4) is 0 Å². The maximum absolute atomic E-state index is 13.2. The molecule has 94 valence electrons. The number of aliphatic hydroxyl groups excluding tert-OH is 1. The first-order valence-corrected chi connectivity index (χ1v) is 5.57. The van der Waals surface area contributed by atoms with Gasteiger partial charge in [0.2, 0.25) is 0 Å². The van der Waals surface area contributed by atoms with Crippen molar-refractivity contribution in [3.8, 4) is 0 Å². The molecule has 0 bridgehead atoms. The molecule has 7 heteroatoms. The summed E-state index contributed by atoms with van der Waals surface area (Å²) in [6, 6.07) is 1.97. The Bertz CT molecular complexity index is 428. The van der Waals surface area contributed by atoms with E-state index in [0.717, 1.165) is 12.1 Å². The molecule has 1 unspecified atom stereocenters. The van der Waals surface area contributed by atoms with Crippen molar-refractivity contribution in [2.24, 2.45) is 0 Å². The fourth-order valence-electron chi connectivity index (χ4n) is 1.13. The zero-order valence-corrected chi connectivity index (χ0v) is 10.1. The number of hydrogen-bond acceptors (Lipinski definition) is 3. The summed E-state index contributed by atoms with van der Waals surface area (Å²) < 4.78 is 13.2. The van der Waals surface area contributed by atoms with Crippen molar-refractivity contribution in [1.29, 1.82) is 0 Å². The summed E-state index contributed by atoms with van der Waals surface area (Å²) in [5.74, 6) is -2.27. The molecule has 0 radical (unpaired) electrons. The van der Waals surface area contributed by atoms with Crippen molar-refractivity contribution in [2.45, 2.75) is 6.10 Å². The number of benzene rings is 1. The van der Waals surface area contributed by atoms with Gasteiger partial charge < -0.3 is 15.5 Å². The highest BCUT2D eigenvalue weighted by Gasteiger charge is 2.14. The first-order valence-electron chi connectivity index (χ1n) is 4.66. The fourth-order valence-corrected chi connectivity index (χ4v) is 1.46. The van der Waals surface area contributed by atoms with Crippen molar-refractivity contribution < 1.29 is 19.4 Å². The largest absolute Gasteiger partial charge is 0.478 e. The standard InChI is InChI=1S/C10H10Cl2FNO3/c11-3-5(15)4-14-9-1-6(10(16)17)8(13)2-7(9)12/h1-2,5,14-15H,3-4H2,(H,16,17). The summed E-state index contributed by atoms with van der Waals surface area (Å²) in [4.78, 5) is 10.7. The van der Waals surface area contributed by atoms with Crippen molar-refractivity contribution >= 4 is 34.9 Å². The van der Waals surface area contributed by atoms with Crippen LogP contribution in [0.15, 0.2) is 12.1 Å². The molecule has 0 fully saturated rings. The minimum absolute atomic E-state index is 0.0254. The van der Waals surface area contributed by atoms with E-state index in [2.05, 4.69) is 5.32 Å². The lowest BCUT2D eigenvalue weighted by atomic mass is 10.2. The number of alkyl halides is 1. The van der Waals surface area contributed by atoms with Gasteiger partial charge in [-0.05, 0) is 12.1 Å². The van der Waals surface area contributed by atoms with Crippen LogP contribution in [0.2, 0.25) is 5.02 Å². The van der Waals surface area contributed by atoms with E-state index in [1.807, 2.05) is 0 Å². The average Bonchev–Trinajstić information content (AvgIpc) is 2.26. The number of anilines is 1. The molecule has 1 aromatic rings. The number of carboxylic acid groups (broad SMARTS) is 1. The summed E-state index contributed by atoms with van der Waals surface area (Å²) in [6.07, 6.45) is -0.800. The average molecular weight is 282 g/mol. The van der Waals surface area contributed by atoms with Crippen LogP contribution in [0.4, 0.5) is 10.1 Å². The molecule has 0 spiro atoms. The minimum Gasteiger partial charge on any atom is -0.478 e. The van der Waals surface area contributed by atoms with E-state index >= 15 is 0 Å². The second-order valence-corrected chi connectivity index (χ2v) is 4.02. The second-order valence-electron chi connectivity index (χ2n) is 3.31. The van der Waals surface area contributed by atoms with Gasteiger partial charge >= 0.3 is 5.97 Å². The molecule has 0 aliphatic heterocycles. The molecule has 4 nitrogen and oxygen atoms in total. The molecular weight excluding hydrogens is 272 g/mol. The molecule has 1 aromatic carbocycles. The molecule has 1 atom stereocenters. The van der Waals surface area contributed by atoms with E-state index in [9.17, 15) is 14.3 Å². The molecular formula is C10H10Cl2FNO3. The van der Waals surface area contributed by atoms with Gasteiger partial charge in [-0.1, -0.05) is 11.6 Å². The third kappa shape index (κ3) is 3.73. The Morgan fingerprint density at radius 3 is 2.71 bits per heavy atom. The maximum atomic E-state index is 13.2. The summed E-state index contributed by atoms with van der Waals surface area (Å²) in [6.45, 7) is 0.0912. The third-order valence-electron chi connectivity index (χ3n) is 1.99. The monoisotopic (exact) mass is 281 g/mol. The van der Waals surface area contributed by atoms with E-state index < -0.39 is 23.5 Å². The van der Waals surface area contributed by atoms with Gasteiger partial charge in [-0.2, -0.15) is 0 Å². The number of rotatable bonds is 5. The van der Waals surface area contributed by atoms with Crippen LogP contribution in [0.1, 0.15) is 10.4 Å². The number of nitrogens with one attached hydrogen (secondary N) is 1. The van der Waals surface area contributed by atoms with Crippen LogP contribution < -0.4 is 5.32 Å². The predicted molar refractivity (Wildman–Crippen MR) is 63.6 cm³/mol. The molecule has 17 heavy (non-hydrogen) atoms. The highest BCUT2D eigenvalue weighted by Crippen LogP contribution is 2.25. The molecule has 0 aliphatic carbocycles. The number of carboxylic acids is 1. The molecule has 0 saturated carbocycles. The van der Waals surface area contributed by atoms with E-state index in [-0.39, 0.29) is 23.1 Å². The molecule has 0 aromatic heterocycles. The molecule has 0 heterocycles. The van der Waals surface area contributed by atoms with Crippen LogP contribution in [-0.4, -0.2) is 34.7 Å². The van der Waals surface area contributed by atoms with E-state index in [1.54, 1.807) is 0 Å². The lowest BCUT2D eigenvalue weighted by Crippen LogP contribution is -2.21. The van der Waals surface area contributed by atoms with E-state index in [4.69, 9.17) is 28.3 Å². The number of carbonyl (C=O) groups is 1. The third-order valence-corrected chi connectivity index (χ3v) is 2.66. The number of hydrogen-bond donors (Lipinski definition) is 3. The summed E-state index contributed by atoms with van der Waals surface area (Å²) >= 11 is 11.1. The maximum Gasteiger partial charge on any atom is 0.338 e. The molecule has 1 rings (SSSR count). The number of aliphatic hydroxyl groups is 1. The highest BCUT2D eigenvalue weighted by atomic mass is 35.5. The Morgan fingerprint density at radius 1 is 1.53 bits per heavy atom. The molecule has 3 N–H and O–H groups in total. The number of aromatic carboxylic acids is 1. The normalized spacial score (nSPS) is 12.2. The summed E-state index contributed by atoms with van der Waals surface area (Å²) in [5.41, 5.74) is -0.258. The SMILES string of the molecule is O=C(O)c1cc(NCC(O)CCl)c(Cl)cc1F. The van der Waals surface area contributed by atoms with E-state index in [1.165, 1.54) is 0 Å². The van der Waals surface area contributed by atoms with Gasteiger partial charge in [-0.15, -0.1) is 11.6 Å². The molecule has 0 amide bonds. The highest BCUT2D eigenvalue weighted by molar-refractivity contribution is 6.33. The molecule has 0 saturated heterocycles. The number of halogens is 3. The van der Waals surface area contributed by atoms with Gasteiger partial charge in [0.15, 0.2) is 0 Å². The first kappa shape index (κ1) is 14.0. The van der Waals surface area contributed by atoms with Crippen LogP contribution >= 0.6 is 23.2 Å². The van der Waals surface area contributed by atoms with Crippen LogP contribution in [0, 0.1) is 5.82 Å².